The summed E-state index contributed by atoms with van der Waals surface area (Å²) in [4.78, 5) is 11.3. The molecular formula is C11H19NO3. The van der Waals surface area contributed by atoms with E-state index in [4.69, 9.17) is 10.00 Å². The van der Waals surface area contributed by atoms with Gasteiger partial charge in [-0.1, -0.05) is 0 Å². The molecule has 0 radical (unpaired) electrons. The van der Waals surface area contributed by atoms with Gasteiger partial charge in [-0.3, -0.25) is 4.79 Å². The van der Waals surface area contributed by atoms with Gasteiger partial charge in [0.2, 0.25) is 0 Å². The molecule has 0 aliphatic carbocycles. The minimum atomic E-state index is -1.00. The van der Waals surface area contributed by atoms with Crippen LogP contribution >= 0.6 is 0 Å². The van der Waals surface area contributed by atoms with Crippen molar-refractivity contribution in [2.75, 3.05) is 0 Å². The lowest BCUT2D eigenvalue weighted by Crippen LogP contribution is -2.33. The monoisotopic (exact) mass is 213 g/mol. The fourth-order valence-electron chi connectivity index (χ4n) is 0.871. The van der Waals surface area contributed by atoms with E-state index in [-0.39, 0.29) is 6.42 Å². The van der Waals surface area contributed by atoms with Gasteiger partial charge in [-0.15, -0.1) is 0 Å². The highest BCUT2D eigenvalue weighted by atomic mass is 16.6. The van der Waals surface area contributed by atoms with Crippen molar-refractivity contribution in [2.45, 2.75) is 52.7 Å². The van der Waals surface area contributed by atoms with Crippen LogP contribution in [0.15, 0.2) is 0 Å². The minimum absolute atomic E-state index is 0.155. The molecule has 0 bridgehead atoms. The summed E-state index contributed by atoms with van der Waals surface area (Å²) in [6.45, 7) is 8.44. The SMILES string of the molecule is CC(C)(C)OC(=O)CC(O)C(C)(C)C#N. The first kappa shape index (κ1) is 13.9. The zero-order valence-electron chi connectivity index (χ0n) is 10.00. The molecule has 15 heavy (non-hydrogen) atoms. The molecular weight excluding hydrogens is 194 g/mol. The van der Waals surface area contributed by atoms with E-state index in [1.54, 1.807) is 34.6 Å². The van der Waals surface area contributed by atoms with Gasteiger partial charge >= 0.3 is 5.97 Å². The quantitative estimate of drug-likeness (QED) is 0.723. The van der Waals surface area contributed by atoms with Gasteiger partial charge in [-0.25, -0.2) is 0 Å². The van der Waals surface area contributed by atoms with Crippen LogP contribution in [0.3, 0.4) is 0 Å². The van der Waals surface area contributed by atoms with Gasteiger partial charge in [0.25, 0.3) is 0 Å². The summed E-state index contributed by atoms with van der Waals surface area (Å²) in [5, 5.41) is 18.4. The van der Waals surface area contributed by atoms with Crippen LogP contribution in [0.2, 0.25) is 0 Å². The molecule has 1 atom stereocenters. The Morgan fingerprint density at radius 2 is 1.87 bits per heavy atom. The second kappa shape index (κ2) is 4.63. The molecule has 0 aromatic carbocycles. The number of aliphatic hydroxyl groups is 1. The Morgan fingerprint density at radius 1 is 1.40 bits per heavy atom. The second-order valence-corrected chi connectivity index (χ2v) is 5.14. The number of rotatable bonds is 3. The molecule has 86 valence electrons. The van der Waals surface area contributed by atoms with E-state index < -0.39 is 23.1 Å². The molecule has 0 aliphatic heterocycles. The van der Waals surface area contributed by atoms with E-state index in [9.17, 15) is 9.90 Å². The molecule has 0 rings (SSSR count). The van der Waals surface area contributed by atoms with Crippen molar-refractivity contribution in [2.24, 2.45) is 5.41 Å². The number of carbonyl (C=O) groups is 1. The lowest BCUT2D eigenvalue weighted by Gasteiger charge is -2.25. The van der Waals surface area contributed by atoms with E-state index in [2.05, 4.69) is 0 Å². The maximum atomic E-state index is 11.3. The van der Waals surface area contributed by atoms with Crippen molar-refractivity contribution < 1.29 is 14.6 Å². The van der Waals surface area contributed by atoms with E-state index in [0.717, 1.165) is 0 Å². The van der Waals surface area contributed by atoms with Gasteiger partial charge in [0, 0.05) is 0 Å². The van der Waals surface area contributed by atoms with Crippen LogP contribution in [0.1, 0.15) is 41.0 Å². The number of nitrogens with zero attached hydrogens (tertiary/aromatic N) is 1. The average Bonchev–Trinajstić information content (AvgIpc) is 2.00. The molecule has 0 fully saturated rings. The number of hydrogen-bond acceptors (Lipinski definition) is 4. The normalized spacial score (nSPS) is 14.2. The molecule has 0 spiro atoms. The van der Waals surface area contributed by atoms with Gasteiger partial charge in [-0.05, 0) is 34.6 Å². The zero-order valence-corrected chi connectivity index (χ0v) is 10.00. The van der Waals surface area contributed by atoms with E-state index in [0.29, 0.717) is 0 Å². The van der Waals surface area contributed by atoms with Crippen molar-refractivity contribution in [3.63, 3.8) is 0 Å². The molecule has 0 heterocycles. The predicted octanol–water partition coefficient (Wildman–Crippen LogP) is 1.63. The summed E-state index contributed by atoms with van der Waals surface area (Å²) < 4.78 is 5.04. The van der Waals surface area contributed by atoms with Crippen LogP contribution in [0, 0.1) is 16.7 Å². The first-order valence-corrected chi connectivity index (χ1v) is 4.89. The van der Waals surface area contributed by atoms with E-state index in [1.165, 1.54) is 0 Å². The highest BCUT2D eigenvalue weighted by Gasteiger charge is 2.31. The highest BCUT2D eigenvalue weighted by Crippen LogP contribution is 2.22. The first-order valence-electron chi connectivity index (χ1n) is 4.89. The number of ether oxygens (including phenoxy) is 1. The van der Waals surface area contributed by atoms with E-state index in [1.807, 2.05) is 6.07 Å². The fraction of sp³-hybridized carbons (Fsp3) is 0.818. The molecule has 4 nitrogen and oxygen atoms in total. The molecule has 0 saturated carbocycles. The molecule has 0 amide bonds. The largest absolute Gasteiger partial charge is 0.460 e. The molecule has 0 saturated heterocycles. The Kier molecular flexibility index (Phi) is 4.29. The smallest absolute Gasteiger partial charge is 0.308 e. The Hall–Kier alpha value is -1.08. The van der Waals surface area contributed by atoms with Crippen molar-refractivity contribution in [3.05, 3.63) is 0 Å². The molecule has 0 aromatic heterocycles. The standard InChI is InChI=1S/C11H19NO3/c1-10(2,3)15-9(14)6-8(13)11(4,5)7-12/h8,13H,6H2,1-5H3. The Morgan fingerprint density at radius 3 is 2.20 bits per heavy atom. The first-order chi connectivity index (χ1) is 6.58. The molecule has 0 aromatic rings. The summed E-state index contributed by atoms with van der Waals surface area (Å²) in [5.74, 6) is -0.488. The number of carbonyl (C=O) groups excluding carboxylic acids is 1. The van der Waals surface area contributed by atoms with Crippen molar-refractivity contribution in [3.8, 4) is 6.07 Å². The van der Waals surface area contributed by atoms with Gasteiger partial charge in [-0.2, -0.15) is 5.26 Å². The summed E-state index contributed by atoms with van der Waals surface area (Å²) in [6.07, 6.45) is -1.16. The topological polar surface area (TPSA) is 70.3 Å². The maximum Gasteiger partial charge on any atom is 0.308 e. The van der Waals surface area contributed by atoms with Gasteiger partial charge < -0.3 is 9.84 Å². The van der Waals surface area contributed by atoms with Crippen LogP contribution in [0.4, 0.5) is 0 Å². The van der Waals surface area contributed by atoms with Gasteiger partial charge in [0.1, 0.15) is 5.60 Å². The van der Waals surface area contributed by atoms with Crippen LogP contribution in [0.25, 0.3) is 0 Å². The fourth-order valence-corrected chi connectivity index (χ4v) is 0.871. The summed E-state index contributed by atoms with van der Waals surface area (Å²) >= 11 is 0. The van der Waals surface area contributed by atoms with Crippen molar-refractivity contribution >= 4 is 5.97 Å². The average molecular weight is 213 g/mol. The van der Waals surface area contributed by atoms with E-state index >= 15 is 0 Å². The number of esters is 1. The Balaban J connectivity index is 4.27. The van der Waals surface area contributed by atoms with Gasteiger partial charge in [0.15, 0.2) is 0 Å². The zero-order chi connectivity index (χ0) is 12.3. The number of aliphatic hydroxyl groups excluding tert-OH is 1. The number of nitriles is 1. The minimum Gasteiger partial charge on any atom is -0.460 e. The van der Waals surface area contributed by atoms with Crippen LogP contribution in [-0.4, -0.2) is 22.8 Å². The highest BCUT2D eigenvalue weighted by molar-refractivity contribution is 5.70. The third kappa shape index (κ3) is 5.38. The molecule has 4 heteroatoms. The van der Waals surface area contributed by atoms with Gasteiger partial charge in [0.05, 0.1) is 24.0 Å². The predicted molar refractivity (Wildman–Crippen MR) is 55.9 cm³/mol. The van der Waals surface area contributed by atoms with Crippen molar-refractivity contribution in [1.29, 1.82) is 5.26 Å². The Bertz CT molecular complexity index is 271. The summed E-state index contributed by atoms with van der Waals surface area (Å²) in [6, 6.07) is 1.95. The molecule has 1 unspecified atom stereocenters. The van der Waals surface area contributed by atoms with Crippen LogP contribution in [0.5, 0.6) is 0 Å². The maximum absolute atomic E-state index is 11.3. The molecule has 1 N–H and O–H groups in total. The van der Waals surface area contributed by atoms with Crippen molar-refractivity contribution in [1.82, 2.24) is 0 Å². The summed E-state index contributed by atoms with van der Waals surface area (Å²) in [7, 11) is 0. The third-order valence-corrected chi connectivity index (χ3v) is 1.90. The summed E-state index contributed by atoms with van der Waals surface area (Å²) in [5.41, 5.74) is -1.50. The Labute approximate surface area is 90.9 Å². The van der Waals surface area contributed by atoms with Crippen LogP contribution in [-0.2, 0) is 9.53 Å². The molecule has 0 aliphatic rings. The van der Waals surface area contributed by atoms with Crippen LogP contribution < -0.4 is 0 Å². The lowest BCUT2D eigenvalue weighted by molar-refractivity contribution is -0.158. The third-order valence-electron chi connectivity index (χ3n) is 1.90. The number of hydrogen-bond donors (Lipinski definition) is 1. The second-order valence-electron chi connectivity index (χ2n) is 5.14. The lowest BCUT2D eigenvalue weighted by atomic mass is 9.86.